The van der Waals surface area contributed by atoms with Gasteiger partial charge in [-0.25, -0.2) is 4.68 Å². The highest BCUT2D eigenvalue weighted by atomic mass is 32.2. The molecule has 0 aliphatic rings. The summed E-state index contributed by atoms with van der Waals surface area (Å²) >= 11 is 1.56. The second kappa shape index (κ2) is 8.45. The molecular weight excluding hydrogens is 230 g/mol. The van der Waals surface area contributed by atoms with Crippen LogP contribution in [0.3, 0.4) is 0 Å². The highest BCUT2D eigenvalue weighted by Gasteiger charge is 2.04. The molecule has 0 aliphatic heterocycles. The molecule has 0 unspecified atom stereocenters. The van der Waals surface area contributed by atoms with Gasteiger partial charge < -0.3 is 15.2 Å². The van der Waals surface area contributed by atoms with Crippen molar-refractivity contribution < 1.29 is 9.47 Å². The Bertz CT molecular complexity index is 283. The molecule has 0 amide bonds. The normalized spacial score (nSPS) is 10.9. The van der Waals surface area contributed by atoms with Crippen molar-refractivity contribution in [2.24, 2.45) is 5.73 Å². The molecule has 8 heteroatoms. The van der Waals surface area contributed by atoms with E-state index in [-0.39, 0.29) is 0 Å². The van der Waals surface area contributed by atoms with Crippen LogP contribution in [0.4, 0.5) is 0 Å². The Labute approximate surface area is 98.7 Å². The van der Waals surface area contributed by atoms with Gasteiger partial charge in [-0.2, -0.15) is 0 Å². The number of thioether (sulfide) groups is 1. The standard InChI is InChI=1S/C8H17N5O2S/c1-14-4-5-15-6-7-16-8-10-11-12-13(8)3-2-9/h2-7,9H2,1H3. The van der Waals surface area contributed by atoms with Crippen molar-refractivity contribution in [3.8, 4) is 0 Å². The summed E-state index contributed by atoms with van der Waals surface area (Å²) in [4.78, 5) is 0. The summed E-state index contributed by atoms with van der Waals surface area (Å²) in [7, 11) is 1.65. The molecule has 7 nitrogen and oxygen atoms in total. The number of nitrogens with two attached hydrogens (primary N) is 1. The molecule has 0 saturated carbocycles. The number of tetrazole rings is 1. The van der Waals surface area contributed by atoms with Crippen molar-refractivity contribution in [1.29, 1.82) is 0 Å². The number of aromatic nitrogens is 4. The van der Waals surface area contributed by atoms with Gasteiger partial charge >= 0.3 is 0 Å². The largest absolute Gasteiger partial charge is 0.382 e. The van der Waals surface area contributed by atoms with Crippen molar-refractivity contribution in [1.82, 2.24) is 20.2 Å². The molecule has 0 bridgehead atoms. The van der Waals surface area contributed by atoms with Crippen LogP contribution < -0.4 is 5.73 Å². The topological polar surface area (TPSA) is 88.1 Å². The summed E-state index contributed by atoms with van der Waals surface area (Å²) in [5.41, 5.74) is 5.43. The lowest BCUT2D eigenvalue weighted by molar-refractivity contribution is 0.0790. The van der Waals surface area contributed by atoms with Gasteiger partial charge in [0.25, 0.3) is 0 Å². The summed E-state index contributed by atoms with van der Waals surface area (Å²) in [5, 5.41) is 12.1. The van der Waals surface area contributed by atoms with E-state index in [0.29, 0.717) is 32.9 Å². The Hall–Kier alpha value is -0.700. The summed E-state index contributed by atoms with van der Waals surface area (Å²) in [6.07, 6.45) is 0. The van der Waals surface area contributed by atoms with Crippen LogP contribution in [0.5, 0.6) is 0 Å². The van der Waals surface area contributed by atoms with Gasteiger partial charge in [0.1, 0.15) is 0 Å². The van der Waals surface area contributed by atoms with Crippen molar-refractivity contribution in [3.05, 3.63) is 0 Å². The van der Waals surface area contributed by atoms with Crippen molar-refractivity contribution in [2.75, 3.05) is 39.2 Å². The minimum absolute atomic E-state index is 0.531. The van der Waals surface area contributed by atoms with Gasteiger partial charge in [0.15, 0.2) is 0 Å². The predicted molar refractivity (Wildman–Crippen MR) is 60.3 cm³/mol. The average Bonchev–Trinajstić information content (AvgIpc) is 2.72. The third-order valence-electron chi connectivity index (χ3n) is 1.73. The number of rotatable bonds is 9. The lowest BCUT2D eigenvalue weighted by Gasteiger charge is -2.03. The van der Waals surface area contributed by atoms with E-state index in [1.165, 1.54) is 0 Å². The maximum atomic E-state index is 5.43. The molecule has 1 aromatic rings. The van der Waals surface area contributed by atoms with Gasteiger partial charge in [-0.1, -0.05) is 11.8 Å². The molecule has 0 fully saturated rings. The highest BCUT2D eigenvalue weighted by molar-refractivity contribution is 7.99. The van der Waals surface area contributed by atoms with Gasteiger partial charge in [0.2, 0.25) is 5.16 Å². The van der Waals surface area contributed by atoms with Crippen molar-refractivity contribution in [2.45, 2.75) is 11.7 Å². The molecular formula is C8H17N5O2S. The van der Waals surface area contributed by atoms with Crippen LogP contribution in [0.1, 0.15) is 0 Å². The number of hydrogen-bond acceptors (Lipinski definition) is 7. The minimum Gasteiger partial charge on any atom is -0.382 e. The maximum absolute atomic E-state index is 5.43. The third-order valence-corrected chi connectivity index (χ3v) is 2.65. The fraction of sp³-hybridized carbons (Fsp3) is 0.875. The fourth-order valence-corrected chi connectivity index (χ4v) is 1.75. The van der Waals surface area contributed by atoms with Gasteiger partial charge in [-0.15, -0.1) is 5.10 Å². The molecule has 0 saturated heterocycles. The van der Waals surface area contributed by atoms with E-state index < -0.39 is 0 Å². The van der Waals surface area contributed by atoms with Crippen LogP contribution in [0.15, 0.2) is 5.16 Å². The van der Waals surface area contributed by atoms with E-state index in [2.05, 4.69) is 15.5 Å². The van der Waals surface area contributed by atoms with Crippen LogP contribution in [0.2, 0.25) is 0 Å². The zero-order valence-electron chi connectivity index (χ0n) is 9.33. The Morgan fingerprint density at radius 2 is 2.25 bits per heavy atom. The molecule has 0 aromatic carbocycles. The summed E-state index contributed by atoms with van der Waals surface area (Å²) in [6.45, 7) is 3.06. The smallest absolute Gasteiger partial charge is 0.209 e. The fourth-order valence-electron chi connectivity index (χ4n) is 0.999. The van der Waals surface area contributed by atoms with E-state index in [1.807, 2.05) is 0 Å². The monoisotopic (exact) mass is 247 g/mol. The second-order valence-corrected chi connectivity index (χ2v) is 3.99. The molecule has 1 heterocycles. The summed E-state index contributed by atoms with van der Waals surface area (Å²) < 4.78 is 11.9. The van der Waals surface area contributed by atoms with Gasteiger partial charge in [-0.3, -0.25) is 0 Å². The summed E-state index contributed by atoms with van der Waals surface area (Å²) in [6, 6.07) is 0. The first-order valence-corrected chi connectivity index (χ1v) is 6.02. The van der Waals surface area contributed by atoms with Crippen LogP contribution >= 0.6 is 11.8 Å². The predicted octanol–water partition coefficient (Wildman–Crippen LogP) is -0.613. The summed E-state index contributed by atoms with van der Waals surface area (Å²) in [5.74, 6) is 0.814. The van der Waals surface area contributed by atoms with E-state index in [9.17, 15) is 0 Å². The van der Waals surface area contributed by atoms with E-state index in [0.717, 1.165) is 10.9 Å². The van der Waals surface area contributed by atoms with Gasteiger partial charge in [0, 0.05) is 19.4 Å². The minimum atomic E-state index is 0.531. The Morgan fingerprint density at radius 3 is 3.00 bits per heavy atom. The van der Waals surface area contributed by atoms with Crippen LogP contribution in [-0.4, -0.2) is 59.4 Å². The molecule has 0 spiro atoms. The maximum Gasteiger partial charge on any atom is 0.209 e. The second-order valence-electron chi connectivity index (χ2n) is 2.93. The highest BCUT2D eigenvalue weighted by Crippen LogP contribution is 2.12. The number of hydrogen-bond donors (Lipinski definition) is 1. The molecule has 1 rings (SSSR count). The van der Waals surface area contributed by atoms with Crippen LogP contribution in [0.25, 0.3) is 0 Å². The SMILES string of the molecule is COCCOCCSc1nnnn1CCN. The first kappa shape index (κ1) is 13.4. The van der Waals surface area contributed by atoms with Crippen molar-refractivity contribution in [3.63, 3.8) is 0 Å². The number of nitrogens with zero attached hydrogens (tertiary/aromatic N) is 4. The lowest BCUT2D eigenvalue weighted by Crippen LogP contribution is -2.12. The quantitative estimate of drug-likeness (QED) is 0.460. The number of methoxy groups -OCH3 is 1. The van der Waals surface area contributed by atoms with Crippen LogP contribution in [0, 0.1) is 0 Å². The molecule has 0 radical (unpaired) electrons. The van der Waals surface area contributed by atoms with E-state index in [1.54, 1.807) is 23.6 Å². The van der Waals surface area contributed by atoms with E-state index in [4.69, 9.17) is 15.2 Å². The molecule has 1 aromatic heterocycles. The lowest BCUT2D eigenvalue weighted by atomic mass is 10.7. The molecule has 0 atom stereocenters. The van der Waals surface area contributed by atoms with E-state index >= 15 is 0 Å². The first-order chi connectivity index (χ1) is 7.88. The molecule has 0 aliphatic carbocycles. The van der Waals surface area contributed by atoms with Crippen LogP contribution in [-0.2, 0) is 16.0 Å². The molecule has 16 heavy (non-hydrogen) atoms. The Morgan fingerprint density at radius 1 is 1.38 bits per heavy atom. The first-order valence-electron chi connectivity index (χ1n) is 5.04. The van der Waals surface area contributed by atoms with Gasteiger partial charge in [-0.05, 0) is 10.4 Å². The molecule has 92 valence electrons. The molecule has 2 N–H and O–H groups in total. The third kappa shape index (κ3) is 4.88. The van der Waals surface area contributed by atoms with Crippen molar-refractivity contribution >= 4 is 11.8 Å². The Kier molecular flexibility index (Phi) is 7.06. The van der Waals surface area contributed by atoms with Gasteiger partial charge in [0.05, 0.1) is 26.4 Å². The number of ether oxygens (including phenoxy) is 2. The Balaban J connectivity index is 2.13. The zero-order chi connectivity index (χ0) is 11.6. The zero-order valence-corrected chi connectivity index (χ0v) is 10.2. The average molecular weight is 247 g/mol.